The summed E-state index contributed by atoms with van der Waals surface area (Å²) in [6.45, 7) is 21.7. The number of ether oxygens (including phenoxy) is 1. The highest BCUT2D eigenvalue weighted by molar-refractivity contribution is 6.95. The van der Waals surface area contributed by atoms with Gasteiger partial charge in [0, 0.05) is 19.6 Å². The topological polar surface area (TPSA) is 49.9 Å². The minimum atomic E-state index is -2.05. The van der Waals surface area contributed by atoms with Gasteiger partial charge in [-0.05, 0) is 47.5 Å². The summed E-state index contributed by atoms with van der Waals surface area (Å²) in [6, 6.07) is 9.88. The lowest BCUT2D eigenvalue weighted by atomic mass is 10.0. The number of amides is 2. The van der Waals surface area contributed by atoms with Crippen molar-refractivity contribution >= 4 is 25.3 Å². The second kappa shape index (κ2) is 11.7. The fraction of sp³-hybridized carbons (Fsp3) is 0.615. The van der Waals surface area contributed by atoms with Crippen LogP contribution in [0.3, 0.4) is 0 Å². The minimum absolute atomic E-state index is 0.0227. The summed E-state index contributed by atoms with van der Waals surface area (Å²) in [6.07, 6.45) is 1.68. The molecule has 0 aliphatic heterocycles. The van der Waals surface area contributed by atoms with Crippen molar-refractivity contribution in [2.75, 3.05) is 19.6 Å². The fourth-order valence-electron chi connectivity index (χ4n) is 3.97. The van der Waals surface area contributed by atoms with E-state index in [1.165, 1.54) is 10.4 Å². The highest BCUT2D eigenvalue weighted by Gasteiger charge is 2.39. The van der Waals surface area contributed by atoms with Gasteiger partial charge in [-0.2, -0.15) is 0 Å². The molecule has 1 aromatic carbocycles. The first-order valence-corrected chi connectivity index (χ1v) is 14.8. The van der Waals surface area contributed by atoms with E-state index >= 15 is 0 Å². The number of likely N-dealkylation sites (N-methyl/N-ethyl adjacent to an activating group) is 1. The largest absolute Gasteiger partial charge is 0.444 e. The maximum absolute atomic E-state index is 13.5. The SMILES string of the molecule is C/C=C(/CN(C(=O)OC(C)(C)C)C(C(=O)N(CC)CC)C(C)C)[Si](C)(C)c1ccccc1. The third kappa shape index (κ3) is 7.22. The summed E-state index contributed by atoms with van der Waals surface area (Å²) in [7, 11) is -2.05. The highest BCUT2D eigenvalue weighted by Crippen LogP contribution is 2.24. The van der Waals surface area contributed by atoms with Gasteiger partial charge in [-0.3, -0.25) is 9.69 Å². The van der Waals surface area contributed by atoms with Gasteiger partial charge in [0.15, 0.2) is 0 Å². The van der Waals surface area contributed by atoms with Crippen molar-refractivity contribution in [1.82, 2.24) is 9.80 Å². The molecule has 1 atom stereocenters. The lowest BCUT2D eigenvalue weighted by molar-refractivity contribution is -0.138. The van der Waals surface area contributed by atoms with Crippen LogP contribution in [0.5, 0.6) is 0 Å². The van der Waals surface area contributed by atoms with Crippen LogP contribution in [0.2, 0.25) is 13.1 Å². The van der Waals surface area contributed by atoms with Gasteiger partial charge in [-0.25, -0.2) is 4.79 Å². The van der Waals surface area contributed by atoms with Crippen molar-refractivity contribution in [3.05, 3.63) is 41.6 Å². The molecule has 0 fully saturated rings. The molecule has 0 heterocycles. The number of allylic oxidation sites excluding steroid dienone is 1. The monoisotopic (exact) mass is 460 g/mol. The first kappa shape index (κ1) is 28.0. The van der Waals surface area contributed by atoms with Crippen LogP contribution >= 0.6 is 0 Å². The smallest absolute Gasteiger partial charge is 0.411 e. The molecule has 5 nitrogen and oxygen atoms in total. The first-order valence-electron chi connectivity index (χ1n) is 11.8. The predicted molar refractivity (Wildman–Crippen MR) is 137 cm³/mol. The molecule has 2 amide bonds. The molecule has 0 aliphatic rings. The van der Waals surface area contributed by atoms with E-state index < -0.39 is 25.8 Å². The van der Waals surface area contributed by atoms with Crippen LogP contribution < -0.4 is 5.19 Å². The Morgan fingerprint density at radius 2 is 1.59 bits per heavy atom. The zero-order valence-electron chi connectivity index (χ0n) is 21.9. The van der Waals surface area contributed by atoms with Gasteiger partial charge in [-0.15, -0.1) is 0 Å². The van der Waals surface area contributed by atoms with Crippen LogP contribution in [0, 0.1) is 5.92 Å². The van der Waals surface area contributed by atoms with E-state index in [9.17, 15) is 9.59 Å². The molecule has 0 aliphatic carbocycles. The number of hydrogen-bond acceptors (Lipinski definition) is 3. The van der Waals surface area contributed by atoms with E-state index in [4.69, 9.17) is 4.74 Å². The van der Waals surface area contributed by atoms with Gasteiger partial charge >= 0.3 is 6.09 Å². The average molecular weight is 461 g/mol. The summed E-state index contributed by atoms with van der Waals surface area (Å²) in [5, 5.41) is 2.50. The van der Waals surface area contributed by atoms with Crippen LogP contribution in [-0.2, 0) is 9.53 Å². The average Bonchev–Trinajstić information content (AvgIpc) is 2.70. The molecule has 180 valence electrons. The minimum Gasteiger partial charge on any atom is -0.444 e. The van der Waals surface area contributed by atoms with Gasteiger partial charge in [-0.1, -0.05) is 73.7 Å². The normalized spacial score (nSPS) is 13.7. The van der Waals surface area contributed by atoms with Crippen molar-refractivity contribution in [3.8, 4) is 0 Å². The number of rotatable bonds is 9. The van der Waals surface area contributed by atoms with Crippen molar-refractivity contribution in [2.24, 2.45) is 5.92 Å². The summed E-state index contributed by atoms with van der Waals surface area (Å²) in [5.41, 5.74) is -0.641. The van der Waals surface area contributed by atoms with Crippen LogP contribution in [0.25, 0.3) is 0 Å². The van der Waals surface area contributed by atoms with Gasteiger partial charge in [0.25, 0.3) is 0 Å². The summed E-state index contributed by atoms with van der Waals surface area (Å²) in [5.74, 6) is -0.0688. The number of hydrogen-bond donors (Lipinski definition) is 0. The zero-order chi connectivity index (χ0) is 24.7. The quantitative estimate of drug-likeness (QED) is 0.475. The van der Waals surface area contributed by atoms with Crippen molar-refractivity contribution in [1.29, 1.82) is 0 Å². The Bertz CT molecular complexity index is 778. The highest BCUT2D eigenvalue weighted by atomic mass is 28.3. The number of carbonyl (C=O) groups excluding carboxylic acids is 2. The summed E-state index contributed by atoms with van der Waals surface area (Å²) < 4.78 is 5.80. The molecule has 1 rings (SSSR count). The number of carbonyl (C=O) groups is 2. The molecule has 0 radical (unpaired) electrons. The first-order chi connectivity index (χ1) is 14.8. The maximum Gasteiger partial charge on any atom is 0.411 e. The third-order valence-corrected chi connectivity index (χ3v) is 9.74. The maximum atomic E-state index is 13.5. The molecule has 32 heavy (non-hydrogen) atoms. The molecule has 0 bridgehead atoms. The molecule has 0 saturated heterocycles. The fourth-order valence-corrected chi connectivity index (χ4v) is 6.66. The molecule has 0 saturated carbocycles. The molecule has 0 spiro atoms. The predicted octanol–water partition coefficient (Wildman–Crippen LogP) is 5.22. The van der Waals surface area contributed by atoms with Crippen LogP contribution in [-0.4, -0.2) is 61.2 Å². The molecule has 6 heteroatoms. The molecular formula is C26H44N2O3Si. The Hall–Kier alpha value is -2.08. The standard InChI is InChI=1S/C26H44N2O3Si/c1-11-21(32(9,10)22-17-15-14-16-18-22)19-28(25(30)31-26(6,7)8)23(20(4)5)24(29)27(12-2)13-3/h11,14-18,20,23H,12-13,19H2,1-10H3/b21-11-. The van der Waals surface area contributed by atoms with Crippen LogP contribution in [0.1, 0.15) is 55.4 Å². The Morgan fingerprint density at radius 1 is 1.06 bits per heavy atom. The van der Waals surface area contributed by atoms with Crippen molar-refractivity contribution in [2.45, 2.75) is 80.1 Å². The van der Waals surface area contributed by atoms with Gasteiger partial charge in [0.05, 0.1) is 0 Å². The van der Waals surface area contributed by atoms with Gasteiger partial charge in [0.2, 0.25) is 5.91 Å². The van der Waals surface area contributed by atoms with Gasteiger partial charge < -0.3 is 9.64 Å². The molecule has 1 unspecified atom stereocenters. The molecule has 0 aromatic heterocycles. The van der Waals surface area contributed by atoms with E-state index in [-0.39, 0.29) is 11.8 Å². The number of nitrogens with zero attached hydrogens (tertiary/aromatic N) is 2. The second-order valence-electron chi connectivity index (χ2n) is 10.1. The zero-order valence-corrected chi connectivity index (χ0v) is 22.9. The van der Waals surface area contributed by atoms with E-state index in [1.54, 1.807) is 9.80 Å². The third-order valence-electron chi connectivity index (χ3n) is 5.91. The molecule has 0 N–H and O–H groups in total. The lowest BCUT2D eigenvalue weighted by Gasteiger charge is -2.39. The molecular weight excluding hydrogens is 416 g/mol. The Balaban J connectivity index is 3.48. The van der Waals surface area contributed by atoms with E-state index in [2.05, 4.69) is 43.4 Å². The van der Waals surface area contributed by atoms with Gasteiger partial charge in [0.1, 0.15) is 19.7 Å². The van der Waals surface area contributed by atoms with E-state index in [1.807, 2.05) is 61.5 Å². The number of benzene rings is 1. The van der Waals surface area contributed by atoms with E-state index in [0.29, 0.717) is 19.6 Å². The Labute approximate surface area is 196 Å². The van der Waals surface area contributed by atoms with Crippen LogP contribution in [0.4, 0.5) is 4.79 Å². The van der Waals surface area contributed by atoms with Crippen molar-refractivity contribution < 1.29 is 14.3 Å². The summed E-state index contributed by atoms with van der Waals surface area (Å²) >= 11 is 0. The Morgan fingerprint density at radius 3 is 2.00 bits per heavy atom. The lowest BCUT2D eigenvalue weighted by Crippen LogP contribution is -2.57. The van der Waals surface area contributed by atoms with Crippen LogP contribution in [0.15, 0.2) is 41.6 Å². The Kier molecular flexibility index (Phi) is 10.2. The molecule has 1 aromatic rings. The van der Waals surface area contributed by atoms with Crippen molar-refractivity contribution in [3.63, 3.8) is 0 Å². The van der Waals surface area contributed by atoms with E-state index in [0.717, 1.165) is 0 Å². The summed E-state index contributed by atoms with van der Waals surface area (Å²) in [4.78, 5) is 30.4. The second-order valence-corrected chi connectivity index (χ2v) is 14.6.